The van der Waals surface area contributed by atoms with Crippen LogP contribution in [0, 0.1) is 0 Å². The third-order valence-corrected chi connectivity index (χ3v) is 5.30. The summed E-state index contributed by atoms with van der Waals surface area (Å²) in [5.41, 5.74) is 2.03. The lowest BCUT2D eigenvalue weighted by atomic mass is 10.1. The zero-order chi connectivity index (χ0) is 16.8. The van der Waals surface area contributed by atoms with Crippen LogP contribution in [0.15, 0.2) is 53.4 Å². The molecule has 3 nitrogen and oxygen atoms in total. The van der Waals surface area contributed by atoms with Gasteiger partial charge >= 0.3 is 0 Å². The Hall–Kier alpha value is -1.91. The molecule has 0 spiro atoms. The van der Waals surface area contributed by atoms with Gasteiger partial charge in [-0.3, -0.25) is 9.69 Å². The van der Waals surface area contributed by atoms with Gasteiger partial charge in [-0.25, -0.2) is 0 Å². The maximum absolute atomic E-state index is 12.4. The summed E-state index contributed by atoms with van der Waals surface area (Å²) in [5.74, 6) is 0.0172. The van der Waals surface area contributed by atoms with Crippen molar-refractivity contribution in [3.63, 3.8) is 0 Å². The molecule has 1 aliphatic heterocycles. The van der Waals surface area contributed by atoms with E-state index in [1.54, 1.807) is 11.3 Å². The van der Waals surface area contributed by atoms with E-state index in [2.05, 4.69) is 34.5 Å². The highest BCUT2D eigenvalue weighted by Crippen LogP contribution is 2.24. The summed E-state index contributed by atoms with van der Waals surface area (Å²) in [7, 11) is 0. The highest BCUT2D eigenvalue weighted by molar-refractivity contribution is 7.10. The predicted molar refractivity (Wildman–Crippen MR) is 101 cm³/mol. The second kappa shape index (κ2) is 8.27. The number of hydrogen-bond acceptors (Lipinski definition) is 3. The first-order chi connectivity index (χ1) is 11.7. The van der Waals surface area contributed by atoms with Crippen LogP contribution in [-0.2, 0) is 4.79 Å². The number of rotatable bonds is 6. The van der Waals surface area contributed by atoms with Gasteiger partial charge in [-0.15, -0.1) is 11.3 Å². The van der Waals surface area contributed by atoms with Crippen molar-refractivity contribution in [3.8, 4) is 0 Å². The molecule has 1 aromatic heterocycles. The lowest BCUT2D eigenvalue weighted by molar-refractivity contribution is -0.117. The smallest absolute Gasteiger partial charge is 0.247 e. The molecule has 1 aromatic carbocycles. The third-order valence-electron chi connectivity index (χ3n) is 4.48. The number of nitrogens with one attached hydrogen (secondary N) is 1. The molecule has 1 N–H and O–H groups in total. The van der Waals surface area contributed by atoms with Gasteiger partial charge in [0.1, 0.15) is 0 Å². The van der Waals surface area contributed by atoms with E-state index in [9.17, 15) is 4.79 Å². The standard InChI is InChI=1S/C20H24N2OS/c1-16(14-18-10-7-13-24-18)20(23)21-15-19(22-11-5-6-12-22)17-8-3-2-4-9-17/h2-4,7-10,13-14,19H,5-6,11-12,15H2,1H3,(H,21,23)/b16-14+. The van der Waals surface area contributed by atoms with Crippen LogP contribution in [0.5, 0.6) is 0 Å². The molecule has 0 saturated carbocycles. The van der Waals surface area contributed by atoms with Gasteiger partial charge in [0.2, 0.25) is 5.91 Å². The molecule has 1 atom stereocenters. The van der Waals surface area contributed by atoms with Gasteiger partial charge in [-0.2, -0.15) is 0 Å². The summed E-state index contributed by atoms with van der Waals surface area (Å²) >= 11 is 1.65. The van der Waals surface area contributed by atoms with Gasteiger partial charge in [-0.1, -0.05) is 36.4 Å². The minimum atomic E-state index is 0.0172. The van der Waals surface area contributed by atoms with Crippen LogP contribution in [0.3, 0.4) is 0 Å². The van der Waals surface area contributed by atoms with Crippen LogP contribution < -0.4 is 5.32 Å². The Balaban J connectivity index is 1.66. The molecular weight excluding hydrogens is 316 g/mol. The van der Waals surface area contributed by atoms with Crippen molar-refractivity contribution in [1.82, 2.24) is 10.2 Å². The average molecular weight is 340 g/mol. The van der Waals surface area contributed by atoms with Crippen LogP contribution in [0.25, 0.3) is 6.08 Å². The fourth-order valence-electron chi connectivity index (χ4n) is 3.17. The first-order valence-corrected chi connectivity index (χ1v) is 9.41. The van der Waals surface area contributed by atoms with Gasteiger partial charge in [-0.05, 0) is 55.9 Å². The Bertz CT molecular complexity index is 673. The normalized spacial score (nSPS) is 17.0. The zero-order valence-electron chi connectivity index (χ0n) is 14.1. The number of hydrogen-bond donors (Lipinski definition) is 1. The van der Waals surface area contributed by atoms with Crippen LogP contribution in [0.2, 0.25) is 0 Å². The molecule has 0 bridgehead atoms. The maximum Gasteiger partial charge on any atom is 0.247 e. The van der Waals surface area contributed by atoms with Crippen molar-refractivity contribution in [2.75, 3.05) is 19.6 Å². The highest BCUT2D eigenvalue weighted by atomic mass is 32.1. The van der Waals surface area contributed by atoms with E-state index in [-0.39, 0.29) is 11.9 Å². The summed E-state index contributed by atoms with van der Waals surface area (Å²) in [6.45, 7) is 4.75. The van der Waals surface area contributed by atoms with Gasteiger partial charge < -0.3 is 5.32 Å². The van der Waals surface area contributed by atoms with Crippen molar-refractivity contribution in [1.29, 1.82) is 0 Å². The third kappa shape index (κ3) is 4.34. The van der Waals surface area contributed by atoms with Crippen molar-refractivity contribution >= 4 is 23.3 Å². The number of thiophene rings is 1. The monoisotopic (exact) mass is 340 g/mol. The molecule has 0 radical (unpaired) electrons. The molecule has 1 fully saturated rings. The molecule has 0 aliphatic carbocycles. The molecule has 126 valence electrons. The highest BCUT2D eigenvalue weighted by Gasteiger charge is 2.23. The SMILES string of the molecule is C/C(=C\c1cccs1)C(=O)NCC(c1ccccc1)N1CCCC1. The lowest BCUT2D eigenvalue weighted by Crippen LogP contribution is -2.37. The molecule has 3 rings (SSSR count). The lowest BCUT2D eigenvalue weighted by Gasteiger charge is -2.28. The molecule has 2 aromatic rings. The minimum Gasteiger partial charge on any atom is -0.350 e. The summed E-state index contributed by atoms with van der Waals surface area (Å²) in [6.07, 6.45) is 4.44. The van der Waals surface area contributed by atoms with Gasteiger partial charge in [0.25, 0.3) is 0 Å². The summed E-state index contributed by atoms with van der Waals surface area (Å²) in [6, 6.07) is 14.8. The predicted octanol–water partition coefficient (Wildman–Crippen LogP) is 4.10. The number of nitrogens with zero attached hydrogens (tertiary/aromatic N) is 1. The van der Waals surface area contributed by atoms with E-state index in [4.69, 9.17) is 0 Å². The second-order valence-electron chi connectivity index (χ2n) is 6.22. The first-order valence-electron chi connectivity index (χ1n) is 8.53. The molecule has 4 heteroatoms. The molecular formula is C20H24N2OS. The second-order valence-corrected chi connectivity index (χ2v) is 7.20. The first kappa shape index (κ1) is 16.9. The van der Waals surface area contributed by atoms with Crippen LogP contribution in [0.1, 0.15) is 36.2 Å². The maximum atomic E-state index is 12.4. The Morgan fingerprint density at radius 3 is 2.62 bits per heavy atom. The molecule has 24 heavy (non-hydrogen) atoms. The Kier molecular flexibility index (Phi) is 5.83. The zero-order valence-corrected chi connectivity index (χ0v) is 14.9. The Morgan fingerprint density at radius 1 is 1.21 bits per heavy atom. The van der Waals surface area contributed by atoms with Crippen LogP contribution in [0.4, 0.5) is 0 Å². The van der Waals surface area contributed by atoms with Crippen molar-refractivity contribution < 1.29 is 4.79 Å². The van der Waals surface area contributed by atoms with E-state index in [0.29, 0.717) is 6.54 Å². The van der Waals surface area contributed by atoms with Gasteiger partial charge in [0.05, 0.1) is 6.04 Å². The molecule has 1 amide bonds. The van der Waals surface area contributed by atoms with Gasteiger partial charge in [0, 0.05) is 17.0 Å². The van der Waals surface area contributed by atoms with Crippen molar-refractivity contribution in [2.45, 2.75) is 25.8 Å². The fraction of sp³-hybridized carbons (Fsp3) is 0.350. The average Bonchev–Trinajstić information content (AvgIpc) is 3.30. The largest absolute Gasteiger partial charge is 0.350 e. The number of carbonyl (C=O) groups is 1. The number of carbonyl (C=O) groups excluding carboxylic acids is 1. The molecule has 1 saturated heterocycles. The molecule has 1 unspecified atom stereocenters. The minimum absolute atomic E-state index is 0.0172. The van der Waals surface area contributed by atoms with E-state index < -0.39 is 0 Å². The van der Waals surface area contributed by atoms with Crippen molar-refractivity contribution in [3.05, 3.63) is 63.9 Å². The van der Waals surface area contributed by atoms with E-state index in [0.717, 1.165) is 23.5 Å². The number of amides is 1. The van der Waals surface area contributed by atoms with E-state index in [1.807, 2.05) is 36.6 Å². The number of benzene rings is 1. The Labute approximate surface area is 148 Å². The number of likely N-dealkylation sites (tertiary alicyclic amines) is 1. The quantitative estimate of drug-likeness (QED) is 0.803. The van der Waals surface area contributed by atoms with Crippen molar-refractivity contribution in [2.24, 2.45) is 0 Å². The van der Waals surface area contributed by atoms with E-state index >= 15 is 0 Å². The summed E-state index contributed by atoms with van der Waals surface area (Å²) in [4.78, 5) is 16.0. The van der Waals surface area contributed by atoms with E-state index in [1.165, 1.54) is 18.4 Å². The fourth-order valence-corrected chi connectivity index (χ4v) is 3.88. The molecule has 2 heterocycles. The summed E-state index contributed by atoms with van der Waals surface area (Å²) in [5, 5.41) is 5.15. The molecule has 1 aliphatic rings. The van der Waals surface area contributed by atoms with Crippen LogP contribution in [-0.4, -0.2) is 30.4 Å². The Morgan fingerprint density at radius 2 is 1.96 bits per heavy atom. The van der Waals surface area contributed by atoms with Crippen LogP contribution >= 0.6 is 11.3 Å². The topological polar surface area (TPSA) is 32.3 Å². The summed E-state index contributed by atoms with van der Waals surface area (Å²) < 4.78 is 0. The van der Waals surface area contributed by atoms with Gasteiger partial charge in [0.15, 0.2) is 0 Å².